The van der Waals surface area contributed by atoms with Crippen molar-refractivity contribution in [1.29, 1.82) is 0 Å². The largest absolute Gasteiger partial charge is 0.497 e. The summed E-state index contributed by atoms with van der Waals surface area (Å²) in [5.41, 5.74) is 3.12. The van der Waals surface area contributed by atoms with Crippen LogP contribution in [0.4, 0.5) is 11.4 Å². The molecule has 2 N–H and O–H groups in total. The lowest BCUT2D eigenvalue weighted by Crippen LogP contribution is -2.48. The molecule has 0 aliphatic carbocycles. The molecular weight excluding hydrogens is 440 g/mol. The predicted molar refractivity (Wildman–Crippen MR) is 139 cm³/mol. The lowest BCUT2D eigenvalue weighted by Gasteiger charge is -2.35. The molecule has 7 heteroatoms. The van der Waals surface area contributed by atoms with Crippen LogP contribution in [-0.2, 0) is 4.79 Å². The molecule has 2 amide bonds. The molecule has 1 saturated heterocycles. The van der Waals surface area contributed by atoms with Crippen LogP contribution in [0.15, 0.2) is 78.9 Å². The second kappa shape index (κ2) is 11.5. The van der Waals surface area contributed by atoms with Crippen molar-refractivity contribution in [2.45, 2.75) is 13.0 Å². The lowest BCUT2D eigenvalue weighted by molar-refractivity contribution is -0.117. The number of carbonyl (C=O) groups is 2. The molecule has 1 fully saturated rings. The average Bonchev–Trinajstić information content (AvgIpc) is 2.90. The van der Waals surface area contributed by atoms with E-state index in [1.54, 1.807) is 25.3 Å². The highest BCUT2D eigenvalue weighted by Crippen LogP contribution is 2.22. The summed E-state index contributed by atoms with van der Waals surface area (Å²) in [4.78, 5) is 30.2. The Morgan fingerprint density at radius 3 is 2.37 bits per heavy atom. The van der Waals surface area contributed by atoms with Crippen LogP contribution in [0.25, 0.3) is 0 Å². The van der Waals surface area contributed by atoms with E-state index in [0.717, 1.165) is 43.2 Å². The monoisotopic (exact) mass is 472 g/mol. The Morgan fingerprint density at radius 2 is 1.63 bits per heavy atom. The number of benzene rings is 3. The Bertz CT molecular complexity index is 1140. The van der Waals surface area contributed by atoms with Crippen molar-refractivity contribution in [3.8, 4) is 5.75 Å². The van der Waals surface area contributed by atoms with E-state index in [9.17, 15) is 9.59 Å². The van der Waals surface area contributed by atoms with Gasteiger partial charge in [0, 0.05) is 37.9 Å². The third-order valence-electron chi connectivity index (χ3n) is 6.25. The fourth-order valence-corrected chi connectivity index (χ4v) is 4.25. The number of nitrogens with one attached hydrogen (secondary N) is 2. The first-order valence-electron chi connectivity index (χ1n) is 11.9. The fraction of sp³-hybridized carbons (Fsp3) is 0.286. The summed E-state index contributed by atoms with van der Waals surface area (Å²) < 4.78 is 5.33. The van der Waals surface area contributed by atoms with Crippen molar-refractivity contribution in [2.24, 2.45) is 0 Å². The highest BCUT2D eigenvalue weighted by atomic mass is 16.5. The van der Waals surface area contributed by atoms with Gasteiger partial charge in [-0.1, -0.05) is 48.5 Å². The van der Waals surface area contributed by atoms with E-state index in [0.29, 0.717) is 11.3 Å². The van der Waals surface area contributed by atoms with E-state index in [-0.39, 0.29) is 24.4 Å². The number of carbonyl (C=O) groups excluding carboxylic acids is 2. The molecule has 35 heavy (non-hydrogen) atoms. The van der Waals surface area contributed by atoms with Gasteiger partial charge in [-0.2, -0.15) is 0 Å². The van der Waals surface area contributed by atoms with Gasteiger partial charge < -0.3 is 20.3 Å². The molecule has 0 bridgehead atoms. The van der Waals surface area contributed by atoms with Gasteiger partial charge in [0.1, 0.15) is 5.75 Å². The van der Waals surface area contributed by atoms with Crippen molar-refractivity contribution in [3.63, 3.8) is 0 Å². The molecule has 0 unspecified atom stereocenters. The summed E-state index contributed by atoms with van der Waals surface area (Å²) >= 11 is 0. The Morgan fingerprint density at radius 1 is 0.914 bits per heavy atom. The maximum Gasteiger partial charge on any atom is 0.253 e. The van der Waals surface area contributed by atoms with Crippen molar-refractivity contribution >= 4 is 23.2 Å². The molecule has 7 nitrogen and oxygen atoms in total. The number of rotatable bonds is 8. The smallest absolute Gasteiger partial charge is 0.253 e. The van der Waals surface area contributed by atoms with Gasteiger partial charge in [-0.3, -0.25) is 14.5 Å². The zero-order chi connectivity index (χ0) is 24.6. The van der Waals surface area contributed by atoms with E-state index in [1.165, 1.54) is 0 Å². The number of hydrogen-bond acceptors (Lipinski definition) is 5. The Labute approximate surface area is 206 Å². The fourth-order valence-electron chi connectivity index (χ4n) is 4.25. The van der Waals surface area contributed by atoms with Crippen LogP contribution in [0, 0.1) is 0 Å². The first-order valence-corrected chi connectivity index (χ1v) is 11.9. The molecule has 182 valence electrons. The van der Waals surface area contributed by atoms with Gasteiger partial charge in [0.15, 0.2) is 0 Å². The summed E-state index contributed by atoms with van der Waals surface area (Å²) in [5.74, 6) is 0.491. The number of hydrogen-bond donors (Lipinski definition) is 2. The highest BCUT2D eigenvalue weighted by Gasteiger charge is 2.21. The maximum atomic E-state index is 13.0. The molecule has 0 aromatic heterocycles. The zero-order valence-electron chi connectivity index (χ0n) is 20.2. The van der Waals surface area contributed by atoms with Gasteiger partial charge in [-0.05, 0) is 36.8 Å². The maximum absolute atomic E-state index is 13.0. The molecule has 1 aliphatic heterocycles. The van der Waals surface area contributed by atoms with E-state index in [4.69, 9.17) is 4.74 Å². The standard InChI is InChI=1S/C28H32N4O3/c1-21(22-9-4-3-5-10-22)29-28(34)25-13-6-7-14-26(25)30-27(33)20-31-15-17-32(18-16-31)23-11-8-12-24(19-23)35-2/h3-14,19,21H,15-18,20H2,1-2H3,(H,29,34)(H,30,33)/t21-/m0/s1. The van der Waals surface area contributed by atoms with Crippen LogP contribution < -0.4 is 20.3 Å². The molecular formula is C28H32N4O3. The Hall–Kier alpha value is -3.84. The van der Waals surface area contributed by atoms with E-state index in [2.05, 4.69) is 26.5 Å². The van der Waals surface area contributed by atoms with Gasteiger partial charge in [-0.25, -0.2) is 0 Å². The van der Waals surface area contributed by atoms with Crippen molar-refractivity contribution < 1.29 is 14.3 Å². The predicted octanol–water partition coefficient (Wildman–Crippen LogP) is 3.95. The van der Waals surface area contributed by atoms with Crippen LogP contribution in [0.2, 0.25) is 0 Å². The molecule has 1 atom stereocenters. The Kier molecular flexibility index (Phi) is 8.00. The summed E-state index contributed by atoms with van der Waals surface area (Å²) in [6, 6.07) is 24.8. The first-order chi connectivity index (χ1) is 17.0. The topological polar surface area (TPSA) is 73.9 Å². The van der Waals surface area contributed by atoms with Crippen LogP contribution in [0.5, 0.6) is 5.75 Å². The van der Waals surface area contributed by atoms with Crippen molar-refractivity contribution in [2.75, 3.05) is 50.1 Å². The number of ether oxygens (including phenoxy) is 1. The van der Waals surface area contributed by atoms with Crippen molar-refractivity contribution in [1.82, 2.24) is 10.2 Å². The summed E-state index contributed by atoms with van der Waals surface area (Å²) in [7, 11) is 1.67. The van der Waals surface area contributed by atoms with Gasteiger partial charge in [0.25, 0.3) is 5.91 Å². The SMILES string of the molecule is COc1cccc(N2CCN(CC(=O)Nc3ccccc3C(=O)N[C@@H](C)c3ccccc3)CC2)c1. The van der Waals surface area contributed by atoms with Crippen LogP contribution in [0.3, 0.4) is 0 Å². The van der Waals surface area contributed by atoms with E-state index >= 15 is 0 Å². The summed E-state index contributed by atoms with van der Waals surface area (Å²) in [5, 5.41) is 5.96. The normalized spacial score (nSPS) is 14.7. The third-order valence-corrected chi connectivity index (χ3v) is 6.25. The minimum absolute atomic E-state index is 0.129. The van der Waals surface area contributed by atoms with Gasteiger partial charge in [0.2, 0.25) is 5.91 Å². The molecule has 3 aromatic carbocycles. The molecule has 1 heterocycles. The average molecular weight is 473 g/mol. The second-order valence-corrected chi connectivity index (χ2v) is 8.66. The molecule has 4 rings (SSSR count). The van der Waals surface area contributed by atoms with Gasteiger partial charge >= 0.3 is 0 Å². The first kappa shape index (κ1) is 24.3. The number of para-hydroxylation sites is 1. The minimum Gasteiger partial charge on any atom is -0.497 e. The highest BCUT2D eigenvalue weighted by molar-refractivity contribution is 6.04. The van der Waals surface area contributed by atoms with E-state index < -0.39 is 0 Å². The molecule has 3 aromatic rings. The summed E-state index contributed by atoms with van der Waals surface area (Å²) in [6.45, 7) is 5.44. The minimum atomic E-state index is -0.218. The Balaban J connectivity index is 1.31. The number of anilines is 2. The summed E-state index contributed by atoms with van der Waals surface area (Å²) in [6.07, 6.45) is 0. The number of piperazine rings is 1. The van der Waals surface area contributed by atoms with Crippen LogP contribution in [0.1, 0.15) is 28.9 Å². The third kappa shape index (κ3) is 6.39. The number of amides is 2. The molecule has 0 saturated carbocycles. The molecule has 0 spiro atoms. The quantitative estimate of drug-likeness (QED) is 0.519. The number of nitrogens with zero attached hydrogens (tertiary/aromatic N) is 2. The van der Waals surface area contributed by atoms with Crippen LogP contribution in [-0.4, -0.2) is 56.5 Å². The molecule has 1 aliphatic rings. The number of methoxy groups -OCH3 is 1. The van der Waals surface area contributed by atoms with Gasteiger partial charge in [0.05, 0.1) is 30.9 Å². The molecule has 0 radical (unpaired) electrons. The van der Waals surface area contributed by atoms with Crippen molar-refractivity contribution in [3.05, 3.63) is 90.0 Å². The zero-order valence-corrected chi connectivity index (χ0v) is 20.2. The van der Waals surface area contributed by atoms with Gasteiger partial charge in [-0.15, -0.1) is 0 Å². The van der Waals surface area contributed by atoms with E-state index in [1.807, 2.05) is 61.5 Å². The second-order valence-electron chi connectivity index (χ2n) is 8.66. The lowest BCUT2D eigenvalue weighted by atomic mass is 10.1. The van der Waals surface area contributed by atoms with Crippen LogP contribution >= 0.6 is 0 Å².